The molecule has 62 valence electrons. The van der Waals surface area contributed by atoms with Crippen molar-refractivity contribution >= 4 is 5.97 Å². The van der Waals surface area contributed by atoms with Gasteiger partial charge in [-0.15, -0.1) is 0 Å². The SMILES string of the molecule is O=C(O)C1CC(C2CNC2)C1. The summed E-state index contributed by atoms with van der Waals surface area (Å²) in [6.45, 7) is 2.22. The molecule has 2 rings (SSSR count). The predicted octanol–water partition coefficient (Wildman–Crippen LogP) is 0.317. The number of nitrogens with one attached hydrogen (secondary N) is 1. The third kappa shape index (κ3) is 1.13. The predicted molar refractivity (Wildman–Crippen MR) is 40.2 cm³/mol. The second-order valence-corrected chi connectivity index (χ2v) is 3.68. The van der Waals surface area contributed by atoms with E-state index in [-0.39, 0.29) is 5.92 Å². The molecule has 0 aromatic heterocycles. The largest absolute Gasteiger partial charge is 0.481 e. The molecule has 2 aliphatic rings. The fourth-order valence-electron chi connectivity index (χ4n) is 1.89. The molecule has 1 aliphatic carbocycles. The normalized spacial score (nSPS) is 37.5. The van der Waals surface area contributed by atoms with Crippen LogP contribution in [0, 0.1) is 17.8 Å². The van der Waals surface area contributed by atoms with Crippen LogP contribution in [0.2, 0.25) is 0 Å². The monoisotopic (exact) mass is 155 g/mol. The van der Waals surface area contributed by atoms with Crippen molar-refractivity contribution in [2.45, 2.75) is 12.8 Å². The Morgan fingerprint density at radius 3 is 2.27 bits per heavy atom. The number of aliphatic carboxylic acids is 1. The topological polar surface area (TPSA) is 49.3 Å². The van der Waals surface area contributed by atoms with Crippen LogP contribution in [0.3, 0.4) is 0 Å². The number of rotatable bonds is 2. The van der Waals surface area contributed by atoms with E-state index in [1.807, 2.05) is 0 Å². The molecule has 1 saturated carbocycles. The van der Waals surface area contributed by atoms with Gasteiger partial charge in [-0.25, -0.2) is 0 Å². The summed E-state index contributed by atoms with van der Waals surface area (Å²) >= 11 is 0. The zero-order valence-electron chi connectivity index (χ0n) is 6.42. The van der Waals surface area contributed by atoms with Crippen molar-refractivity contribution in [1.82, 2.24) is 5.32 Å². The number of carbonyl (C=O) groups is 1. The van der Waals surface area contributed by atoms with Crippen LogP contribution in [0.15, 0.2) is 0 Å². The molecule has 0 spiro atoms. The molecular formula is C8H13NO2. The third-order valence-electron chi connectivity index (χ3n) is 3.00. The van der Waals surface area contributed by atoms with E-state index in [0.29, 0.717) is 5.92 Å². The van der Waals surface area contributed by atoms with Gasteiger partial charge in [-0.3, -0.25) is 4.79 Å². The first kappa shape index (κ1) is 7.10. The minimum absolute atomic E-state index is 0.0272. The second kappa shape index (κ2) is 2.48. The van der Waals surface area contributed by atoms with Crippen molar-refractivity contribution in [2.75, 3.05) is 13.1 Å². The van der Waals surface area contributed by atoms with E-state index in [4.69, 9.17) is 5.11 Å². The summed E-state index contributed by atoms with van der Waals surface area (Å²) in [6, 6.07) is 0. The number of hydrogen-bond donors (Lipinski definition) is 2. The van der Waals surface area contributed by atoms with Gasteiger partial charge in [-0.1, -0.05) is 0 Å². The lowest BCUT2D eigenvalue weighted by molar-refractivity contribution is -0.147. The molecule has 0 amide bonds. The molecule has 0 bridgehead atoms. The van der Waals surface area contributed by atoms with Crippen molar-refractivity contribution in [3.8, 4) is 0 Å². The van der Waals surface area contributed by atoms with Crippen LogP contribution in [0.1, 0.15) is 12.8 Å². The fraction of sp³-hybridized carbons (Fsp3) is 0.875. The average Bonchev–Trinajstić information content (AvgIpc) is 1.70. The van der Waals surface area contributed by atoms with E-state index in [9.17, 15) is 4.79 Å². The van der Waals surface area contributed by atoms with E-state index in [1.54, 1.807) is 0 Å². The minimum atomic E-state index is -0.603. The van der Waals surface area contributed by atoms with Gasteiger partial charge in [0.15, 0.2) is 0 Å². The highest BCUT2D eigenvalue weighted by Crippen LogP contribution is 2.40. The maximum absolute atomic E-state index is 10.4. The van der Waals surface area contributed by atoms with Gasteiger partial charge in [-0.05, 0) is 37.8 Å². The Hall–Kier alpha value is -0.570. The van der Waals surface area contributed by atoms with Crippen molar-refractivity contribution in [3.05, 3.63) is 0 Å². The Morgan fingerprint density at radius 1 is 1.27 bits per heavy atom. The van der Waals surface area contributed by atoms with Crippen LogP contribution in [0.5, 0.6) is 0 Å². The fourth-order valence-corrected chi connectivity index (χ4v) is 1.89. The first-order valence-corrected chi connectivity index (χ1v) is 4.21. The van der Waals surface area contributed by atoms with Gasteiger partial charge in [0.2, 0.25) is 0 Å². The highest BCUT2D eigenvalue weighted by Gasteiger charge is 2.40. The molecule has 2 fully saturated rings. The Morgan fingerprint density at radius 2 is 1.91 bits per heavy atom. The van der Waals surface area contributed by atoms with Crippen LogP contribution in [0.25, 0.3) is 0 Å². The molecule has 0 aromatic carbocycles. The standard InChI is InChI=1S/C8H13NO2/c10-8(11)6-1-5(2-6)7-3-9-4-7/h5-7,9H,1-4H2,(H,10,11). The highest BCUT2D eigenvalue weighted by molar-refractivity contribution is 5.71. The summed E-state index contributed by atoms with van der Waals surface area (Å²) in [5.74, 6) is 0.858. The minimum Gasteiger partial charge on any atom is -0.481 e. The Kier molecular flexibility index (Phi) is 1.60. The van der Waals surface area contributed by atoms with Crippen LogP contribution in [-0.2, 0) is 4.79 Å². The van der Waals surface area contributed by atoms with Gasteiger partial charge in [0, 0.05) is 0 Å². The van der Waals surface area contributed by atoms with Crippen molar-refractivity contribution in [1.29, 1.82) is 0 Å². The summed E-state index contributed by atoms with van der Waals surface area (Å²) < 4.78 is 0. The molecule has 11 heavy (non-hydrogen) atoms. The summed E-state index contributed by atoms with van der Waals surface area (Å²) in [7, 11) is 0. The average molecular weight is 155 g/mol. The molecule has 0 aromatic rings. The van der Waals surface area contributed by atoms with Crippen LogP contribution >= 0.6 is 0 Å². The lowest BCUT2D eigenvalue weighted by atomic mass is 9.67. The van der Waals surface area contributed by atoms with E-state index < -0.39 is 5.97 Å². The van der Waals surface area contributed by atoms with Gasteiger partial charge in [0.1, 0.15) is 0 Å². The van der Waals surface area contributed by atoms with Crippen molar-refractivity contribution in [3.63, 3.8) is 0 Å². The molecule has 1 aliphatic heterocycles. The summed E-state index contributed by atoms with van der Waals surface area (Å²) in [5.41, 5.74) is 0. The van der Waals surface area contributed by atoms with Gasteiger partial charge in [0.05, 0.1) is 5.92 Å². The van der Waals surface area contributed by atoms with Crippen molar-refractivity contribution < 1.29 is 9.90 Å². The van der Waals surface area contributed by atoms with E-state index in [2.05, 4.69) is 5.32 Å². The van der Waals surface area contributed by atoms with Gasteiger partial charge in [0.25, 0.3) is 0 Å². The quantitative estimate of drug-likeness (QED) is 0.603. The summed E-state index contributed by atoms with van der Waals surface area (Å²) in [5, 5.41) is 11.8. The van der Waals surface area contributed by atoms with E-state index >= 15 is 0 Å². The number of carboxylic acid groups (broad SMARTS) is 1. The molecule has 2 N–H and O–H groups in total. The molecular weight excluding hydrogens is 142 g/mol. The molecule has 3 heteroatoms. The zero-order valence-corrected chi connectivity index (χ0v) is 6.42. The molecule has 0 atom stereocenters. The first-order valence-electron chi connectivity index (χ1n) is 4.21. The molecule has 3 nitrogen and oxygen atoms in total. The van der Waals surface area contributed by atoms with Gasteiger partial charge < -0.3 is 10.4 Å². The number of carboxylic acids is 1. The van der Waals surface area contributed by atoms with Crippen molar-refractivity contribution in [2.24, 2.45) is 17.8 Å². The van der Waals surface area contributed by atoms with Gasteiger partial charge in [-0.2, -0.15) is 0 Å². The lowest BCUT2D eigenvalue weighted by Crippen LogP contribution is -2.50. The van der Waals surface area contributed by atoms with Crippen LogP contribution in [-0.4, -0.2) is 24.2 Å². The lowest BCUT2D eigenvalue weighted by Gasteiger charge is -2.43. The molecule has 1 heterocycles. The Labute approximate surface area is 65.8 Å². The second-order valence-electron chi connectivity index (χ2n) is 3.68. The van der Waals surface area contributed by atoms with Crippen LogP contribution in [0.4, 0.5) is 0 Å². The first-order chi connectivity index (χ1) is 5.27. The van der Waals surface area contributed by atoms with Gasteiger partial charge >= 0.3 is 5.97 Å². The zero-order chi connectivity index (χ0) is 7.84. The maximum atomic E-state index is 10.4. The summed E-state index contributed by atoms with van der Waals surface area (Å²) in [6.07, 6.45) is 1.84. The smallest absolute Gasteiger partial charge is 0.306 e. The maximum Gasteiger partial charge on any atom is 0.306 e. The summed E-state index contributed by atoms with van der Waals surface area (Å²) in [4.78, 5) is 10.4. The highest BCUT2D eigenvalue weighted by atomic mass is 16.4. The van der Waals surface area contributed by atoms with E-state index in [1.165, 1.54) is 0 Å². The molecule has 0 unspecified atom stereocenters. The number of hydrogen-bond acceptors (Lipinski definition) is 2. The van der Waals surface area contributed by atoms with E-state index in [0.717, 1.165) is 31.8 Å². The third-order valence-corrected chi connectivity index (χ3v) is 3.00. The Balaban J connectivity index is 1.74. The molecule has 0 radical (unpaired) electrons. The molecule has 1 saturated heterocycles. The Bertz CT molecular complexity index is 171. The van der Waals surface area contributed by atoms with Crippen LogP contribution < -0.4 is 5.32 Å².